The highest BCUT2D eigenvalue weighted by Gasteiger charge is 2.17. The number of aliphatic hydroxyl groups excluding tert-OH is 1. The number of halogens is 1. The highest BCUT2D eigenvalue weighted by atomic mass is 79.9. The van der Waals surface area contributed by atoms with Gasteiger partial charge in [0.1, 0.15) is 0 Å². The third-order valence-electron chi connectivity index (χ3n) is 3.59. The van der Waals surface area contributed by atoms with Crippen LogP contribution in [0.15, 0.2) is 28.7 Å². The van der Waals surface area contributed by atoms with Crippen LogP contribution in [0.4, 0.5) is 0 Å². The predicted octanol–water partition coefficient (Wildman–Crippen LogP) is 2.30. The molecule has 0 aromatic heterocycles. The fraction of sp³-hybridized carbons (Fsp3) is 0.571. The van der Waals surface area contributed by atoms with E-state index in [2.05, 4.69) is 33.0 Å². The van der Waals surface area contributed by atoms with Crippen molar-refractivity contribution < 1.29 is 5.11 Å². The second-order valence-electron chi connectivity index (χ2n) is 5.02. The zero-order chi connectivity index (χ0) is 13.0. The number of likely N-dealkylation sites (tertiary alicyclic amines) is 1. The standard InChI is InChI=1S/C14H21BrN2O/c15-12-3-1-2-11(10-12)14(16)6-9-17-7-4-13(18)5-8-17/h1-3,10,13-14,18H,4-9,16H2. The van der Waals surface area contributed by atoms with Gasteiger partial charge in [0, 0.05) is 23.6 Å². The van der Waals surface area contributed by atoms with E-state index < -0.39 is 0 Å². The van der Waals surface area contributed by atoms with Crippen LogP contribution in [0.25, 0.3) is 0 Å². The molecule has 4 heteroatoms. The number of hydrogen-bond donors (Lipinski definition) is 2. The second kappa shape index (κ2) is 6.66. The normalized spacial score (nSPS) is 19.9. The molecular weight excluding hydrogens is 292 g/mol. The quantitative estimate of drug-likeness (QED) is 0.897. The molecule has 3 N–H and O–H groups in total. The minimum atomic E-state index is -0.0972. The van der Waals surface area contributed by atoms with Crippen LogP contribution in [0, 0.1) is 0 Å². The zero-order valence-electron chi connectivity index (χ0n) is 10.6. The van der Waals surface area contributed by atoms with Crippen molar-refractivity contribution in [2.24, 2.45) is 5.73 Å². The van der Waals surface area contributed by atoms with Gasteiger partial charge in [-0.25, -0.2) is 0 Å². The summed E-state index contributed by atoms with van der Waals surface area (Å²) >= 11 is 3.47. The van der Waals surface area contributed by atoms with Gasteiger partial charge >= 0.3 is 0 Å². The van der Waals surface area contributed by atoms with Gasteiger partial charge in [-0.3, -0.25) is 0 Å². The summed E-state index contributed by atoms with van der Waals surface area (Å²) in [6.07, 6.45) is 2.66. The first-order chi connectivity index (χ1) is 8.65. The molecule has 1 heterocycles. The first-order valence-electron chi connectivity index (χ1n) is 6.56. The Hall–Kier alpha value is -0.420. The molecule has 1 aromatic carbocycles. The van der Waals surface area contributed by atoms with Gasteiger partial charge in [0.05, 0.1) is 6.10 Å². The van der Waals surface area contributed by atoms with E-state index >= 15 is 0 Å². The first kappa shape index (κ1) is 14.0. The Morgan fingerprint density at radius 1 is 1.39 bits per heavy atom. The minimum Gasteiger partial charge on any atom is -0.393 e. The Bertz CT molecular complexity index is 378. The second-order valence-corrected chi connectivity index (χ2v) is 5.94. The van der Waals surface area contributed by atoms with Crippen LogP contribution in [-0.2, 0) is 0 Å². The van der Waals surface area contributed by atoms with Gasteiger partial charge in [0.2, 0.25) is 0 Å². The molecule has 1 aliphatic heterocycles. The Balaban J connectivity index is 1.79. The van der Waals surface area contributed by atoms with E-state index in [1.165, 1.54) is 5.56 Å². The Labute approximate surface area is 117 Å². The summed E-state index contributed by atoms with van der Waals surface area (Å²) in [5.74, 6) is 0. The highest BCUT2D eigenvalue weighted by molar-refractivity contribution is 9.10. The number of piperidine rings is 1. The largest absolute Gasteiger partial charge is 0.393 e. The molecule has 0 saturated carbocycles. The average molecular weight is 313 g/mol. The monoisotopic (exact) mass is 312 g/mol. The maximum Gasteiger partial charge on any atom is 0.0564 e. The van der Waals surface area contributed by atoms with Crippen LogP contribution in [0.5, 0.6) is 0 Å². The van der Waals surface area contributed by atoms with Crippen molar-refractivity contribution in [1.82, 2.24) is 4.90 Å². The molecule has 1 saturated heterocycles. The van der Waals surface area contributed by atoms with Crippen molar-refractivity contribution in [3.63, 3.8) is 0 Å². The molecule has 1 atom stereocenters. The molecule has 100 valence electrons. The SMILES string of the molecule is NC(CCN1CCC(O)CC1)c1cccc(Br)c1. The molecule has 1 unspecified atom stereocenters. The summed E-state index contributed by atoms with van der Waals surface area (Å²) in [5, 5.41) is 9.46. The summed E-state index contributed by atoms with van der Waals surface area (Å²) in [6, 6.07) is 8.30. The van der Waals surface area contributed by atoms with Gasteiger partial charge < -0.3 is 15.7 Å². The van der Waals surface area contributed by atoms with Crippen molar-refractivity contribution >= 4 is 15.9 Å². The zero-order valence-corrected chi connectivity index (χ0v) is 12.1. The summed E-state index contributed by atoms with van der Waals surface area (Å²) < 4.78 is 1.08. The Morgan fingerprint density at radius 2 is 2.11 bits per heavy atom. The molecule has 18 heavy (non-hydrogen) atoms. The lowest BCUT2D eigenvalue weighted by molar-refractivity contribution is 0.0812. The van der Waals surface area contributed by atoms with Gasteiger partial charge in [-0.2, -0.15) is 0 Å². The molecule has 3 nitrogen and oxygen atoms in total. The van der Waals surface area contributed by atoms with Crippen LogP contribution in [0.1, 0.15) is 30.9 Å². The summed E-state index contributed by atoms with van der Waals surface area (Å²) in [7, 11) is 0. The molecule has 1 aliphatic rings. The van der Waals surface area contributed by atoms with Crippen LogP contribution >= 0.6 is 15.9 Å². The van der Waals surface area contributed by atoms with E-state index in [0.717, 1.165) is 43.4 Å². The predicted molar refractivity (Wildman–Crippen MR) is 77.4 cm³/mol. The molecule has 1 fully saturated rings. The van der Waals surface area contributed by atoms with E-state index in [4.69, 9.17) is 5.73 Å². The lowest BCUT2D eigenvalue weighted by Gasteiger charge is -2.30. The third-order valence-corrected chi connectivity index (χ3v) is 4.08. The van der Waals surface area contributed by atoms with Gasteiger partial charge in [-0.1, -0.05) is 28.1 Å². The summed E-state index contributed by atoms with van der Waals surface area (Å²) in [4.78, 5) is 2.39. The van der Waals surface area contributed by atoms with E-state index in [-0.39, 0.29) is 12.1 Å². The van der Waals surface area contributed by atoms with Gasteiger partial charge in [0.25, 0.3) is 0 Å². The minimum absolute atomic E-state index is 0.0920. The Kier molecular flexibility index (Phi) is 5.18. The van der Waals surface area contributed by atoms with Crippen molar-refractivity contribution in [3.8, 4) is 0 Å². The summed E-state index contributed by atoms with van der Waals surface area (Å²) in [6.45, 7) is 3.00. The van der Waals surface area contributed by atoms with Crippen molar-refractivity contribution in [1.29, 1.82) is 0 Å². The van der Waals surface area contributed by atoms with Crippen molar-refractivity contribution in [2.45, 2.75) is 31.4 Å². The molecular formula is C14H21BrN2O. The van der Waals surface area contributed by atoms with Crippen LogP contribution in [0.2, 0.25) is 0 Å². The highest BCUT2D eigenvalue weighted by Crippen LogP contribution is 2.20. The number of aliphatic hydroxyl groups is 1. The van der Waals surface area contributed by atoms with E-state index in [1.54, 1.807) is 0 Å². The fourth-order valence-corrected chi connectivity index (χ4v) is 2.79. The maximum atomic E-state index is 9.46. The fourth-order valence-electron chi connectivity index (χ4n) is 2.37. The van der Waals surface area contributed by atoms with E-state index in [1.807, 2.05) is 12.1 Å². The van der Waals surface area contributed by atoms with Gasteiger partial charge in [-0.15, -0.1) is 0 Å². The average Bonchev–Trinajstić information content (AvgIpc) is 2.38. The molecule has 0 spiro atoms. The van der Waals surface area contributed by atoms with Crippen LogP contribution in [0.3, 0.4) is 0 Å². The molecule has 0 radical (unpaired) electrons. The maximum absolute atomic E-state index is 9.46. The number of rotatable bonds is 4. The molecule has 2 rings (SSSR count). The molecule has 1 aromatic rings. The van der Waals surface area contributed by atoms with Crippen LogP contribution in [-0.4, -0.2) is 35.7 Å². The lowest BCUT2D eigenvalue weighted by Crippen LogP contribution is -2.37. The number of nitrogens with zero attached hydrogens (tertiary/aromatic N) is 1. The summed E-state index contributed by atoms with van der Waals surface area (Å²) in [5.41, 5.74) is 7.39. The number of benzene rings is 1. The topological polar surface area (TPSA) is 49.5 Å². The smallest absolute Gasteiger partial charge is 0.0564 e. The Morgan fingerprint density at radius 3 is 2.78 bits per heavy atom. The van der Waals surface area contributed by atoms with Gasteiger partial charge in [-0.05, 0) is 43.5 Å². The molecule has 0 aliphatic carbocycles. The van der Waals surface area contributed by atoms with Gasteiger partial charge in [0.15, 0.2) is 0 Å². The first-order valence-corrected chi connectivity index (χ1v) is 7.36. The lowest BCUT2D eigenvalue weighted by atomic mass is 10.0. The van der Waals surface area contributed by atoms with E-state index in [9.17, 15) is 5.11 Å². The van der Waals surface area contributed by atoms with Crippen molar-refractivity contribution in [2.75, 3.05) is 19.6 Å². The number of nitrogens with two attached hydrogens (primary N) is 1. The molecule has 0 amide bonds. The van der Waals surface area contributed by atoms with Crippen LogP contribution < -0.4 is 5.73 Å². The number of hydrogen-bond acceptors (Lipinski definition) is 3. The molecule has 0 bridgehead atoms. The van der Waals surface area contributed by atoms with Crippen molar-refractivity contribution in [3.05, 3.63) is 34.3 Å². The third kappa shape index (κ3) is 4.05. The van der Waals surface area contributed by atoms with E-state index in [0.29, 0.717) is 0 Å².